The van der Waals surface area contributed by atoms with Gasteiger partial charge in [0.1, 0.15) is 0 Å². The van der Waals surface area contributed by atoms with Crippen molar-refractivity contribution >= 4 is 23.0 Å². The van der Waals surface area contributed by atoms with Crippen LogP contribution in [-0.4, -0.2) is 52.2 Å². The number of rotatable bonds is 4. The maximum Gasteiger partial charge on any atom is 0.293 e. The average molecular weight is 295 g/mol. The van der Waals surface area contributed by atoms with Gasteiger partial charge in [-0.3, -0.25) is 9.69 Å². The van der Waals surface area contributed by atoms with E-state index in [4.69, 9.17) is 18.0 Å². The fraction of sp³-hybridized carbons (Fsp3) is 0.615. The highest BCUT2D eigenvalue weighted by Gasteiger charge is 2.21. The number of hydrogen-bond acceptors (Lipinski definition) is 5. The highest BCUT2D eigenvalue weighted by atomic mass is 32.1. The zero-order valence-corrected chi connectivity index (χ0v) is 12.8. The molecule has 2 N–H and O–H groups in total. The molecule has 0 unspecified atom stereocenters. The Hall–Kier alpha value is -1.47. The average Bonchev–Trinajstić information content (AvgIpc) is 2.39. The van der Waals surface area contributed by atoms with Gasteiger partial charge in [-0.1, -0.05) is 12.2 Å². The summed E-state index contributed by atoms with van der Waals surface area (Å²) in [4.78, 5) is 21.4. The van der Waals surface area contributed by atoms with Gasteiger partial charge >= 0.3 is 0 Å². The van der Waals surface area contributed by atoms with E-state index in [-0.39, 0.29) is 11.6 Å². The maximum absolute atomic E-state index is 12.4. The lowest BCUT2D eigenvalue weighted by Gasteiger charge is -2.34. The minimum absolute atomic E-state index is 0.0229. The van der Waals surface area contributed by atoms with Crippen LogP contribution in [0, 0.1) is 0 Å². The summed E-state index contributed by atoms with van der Waals surface area (Å²) in [5, 5.41) is 0. The van der Waals surface area contributed by atoms with Gasteiger partial charge in [-0.25, -0.2) is 4.98 Å². The van der Waals surface area contributed by atoms with Crippen LogP contribution in [0.1, 0.15) is 19.9 Å². The van der Waals surface area contributed by atoms with Crippen LogP contribution in [0.25, 0.3) is 0 Å². The normalized spacial score (nSPS) is 16.6. The topological polar surface area (TPSA) is 67.4 Å². The van der Waals surface area contributed by atoms with Crippen molar-refractivity contribution in [3.05, 3.63) is 22.7 Å². The third kappa shape index (κ3) is 3.34. The number of thiocarbonyl (C=S) groups is 1. The van der Waals surface area contributed by atoms with E-state index in [0.29, 0.717) is 17.4 Å². The van der Waals surface area contributed by atoms with Crippen LogP contribution in [0.15, 0.2) is 17.2 Å². The van der Waals surface area contributed by atoms with Gasteiger partial charge in [-0.2, -0.15) is 0 Å². The van der Waals surface area contributed by atoms with Gasteiger partial charge in [0.25, 0.3) is 5.56 Å². The molecule has 110 valence electrons. The van der Waals surface area contributed by atoms with Crippen molar-refractivity contribution in [2.45, 2.75) is 19.9 Å². The van der Waals surface area contributed by atoms with E-state index in [0.717, 1.165) is 26.2 Å². The van der Waals surface area contributed by atoms with Crippen LogP contribution in [0.3, 0.4) is 0 Å². The summed E-state index contributed by atoms with van der Waals surface area (Å²) in [6.07, 6.45) is 3.43. The van der Waals surface area contributed by atoms with E-state index in [1.54, 1.807) is 17.0 Å². The molecular weight excluding hydrogens is 274 g/mol. The first kappa shape index (κ1) is 14.9. The maximum atomic E-state index is 12.4. The molecule has 1 aliphatic heterocycles. The number of hydrogen-bond donors (Lipinski definition) is 1. The third-order valence-corrected chi connectivity index (χ3v) is 3.59. The summed E-state index contributed by atoms with van der Waals surface area (Å²) in [5.74, 6) is 0.538. The van der Waals surface area contributed by atoms with Crippen molar-refractivity contribution < 1.29 is 0 Å². The predicted octanol–water partition coefficient (Wildman–Crippen LogP) is 0.232. The molecule has 6 nitrogen and oxygen atoms in total. The number of nitrogens with zero attached hydrogens (tertiary/aromatic N) is 4. The molecule has 0 amide bonds. The Bertz CT molecular complexity index is 534. The molecule has 1 aromatic heterocycles. The second kappa shape index (κ2) is 6.32. The molecule has 2 rings (SSSR count). The first-order valence-electron chi connectivity index (χ1n) is 6.82. The molecule has 0 aliphatic carbocycles. The first-order chi connectivity index (χ1) is 9.49. The monoisotopic (exact) mass is 295 g/mol. The summed E-state index contributed by atoms with van der Waals surface area (Å²) in [7, 11) is 0. The van der Waals surface area contributed by atoms with E-state index in [1.807, 2.05) is 18.7 Å². The van der Waals surface area contributed by atoms with Crippen molar-refractivity contribution in [3.63, 3.8) is 0 Å². The standard InChI is InChI=1S/C13H21N5OS/c1-10(2)18-4-3-15-12(13(18)19)17-7-5-16(6-8-17)9-11(14)20/h3-4,10H,5-9H2,1-2H3,(H2,14,20). The second-order valence-corrected chi connectivity index (χ2v) is 5.81. The van der Waals surface area contributed by atoms with E-state index in [1.165, 1.54) is 0 Å². The van der Waals surface area contributed by atoms with Crippen LogP contribution in [0.2, 0.25) is 0 Å². The van der Waals surface area contributed by atoms with Crippen molar-refractivity contribution in [2.24, 2.45) is 5.73 Å². The SMILES string of the molecule is CC(C)n1ccnc(N2CCN(CC(N)=S)CC2)c1=O. The Labute approximate surface area is 124 Å². The molecule has 1 aliphatic rings. The molecule has 1 aromatic rings. The Morgan fingerprint density at radius 1 is 1.40 bits per heavy atom. The van der Waals surface area contributed by atoms with Crippen LogP contribution in [0.5, 0.6) is 0 Å². The van der Waals surface area contributed by atoms with Crippen LogP contribution >= 0.6 is 12.2 Å². The summed E-state index contributed by atoms with van der Waals surface area (Å²) < 4.78 is 1.71. The zero-order chi connectivity index (χ0) is 14.7. The van der Waals surface area contributed by atoms with Gasteiger partial charge in [0.05, 0.1) is 4.99 Å². The zero-order valence-electron chi connectivity index (χ0n) is 12.0. The second-order valence-electron chi connectivity index (χ2n) is 5.29. The quantitative estimate of drug-likeness (QED) is 0.802. The lowest BCUT2D eigenvalue weighted by molar-refractivity contribution is 0.291. The minimum Gasteiger partial charge on any atom is -0.392 e. The minimum atomic E-state index is -0.0229. The lowest BCUT2D eigenvalue weighted by atomic mass is 10.3. The van der Waals surface area contributed by atoms with Crippen molar-refractivity contribution in [1.29, 1.82) is 0 Å². The van der Waals surface area contributed by atoms with Gasteiger partial charge in [-0.05, 0) is 13.8 Å². The predicted molar refractivity (Wildman–Crippen MR) is 84.3 cm³/mol. The summed E-state index contributed by atoms with van der Waals surface area (Å²) >= 11 is 4.92. The Kier molecular flexibility index (Phi) is 4.72. The number of piperazine rings is 1. The van der Waals surface area contributed by atoms with Crippen molar-refractivity contribution in [2.75, 3.05) is 37.6 Å². The van der Waals surface area contributed by atoms with Crippen LogP contribution in [-0.2, 0) is 0 Å². The Morgan fingerprint density at radius 3 is 2.60 bits per heavy atom. The Morgan fingerprint density at radius 2 is 2.05 bits per heavy atom. The summed E-state index contributed by atoms with van der Waals surface area (Å²) in [6.45, 7) is 7.85. The third-order valence-electron chi connectivity index (χ3n) is 3.46. The first-order valence-corrected chi connectivity index (χ1v) is 7.22. The fourth-order valence-corrected chi connectivity index (χ4v) is 2.56. The van der Waals surface area contributed by atoms with Gasteiger partial charge in [0, 0.05) is 51.2 Å². The fourth-order valence-electron chi connectivity index (χ4n) is 2.38. The molecule has 0 radical (unpaired) electrons. The van der Waals surface area contributed by atoms with Gasteiger partial charge in [-0.15, -0.1) is 0 Å². The van der Waals surface area contributed by atoms with Gasteiger partial charge in [0.15, 0.2) is 5.82 Å². The molecule has 0 spiro atoms. The summed E-state index contributed by atoms with van der Waals surface area (Å²) in [5.41, 5.74) is 5.53. The molecule has 7 heteroatoms. The van der Waals surface area contributed by atoms with E-state index < -0.39 is 0 Å². The van der Waals surface area contributed by atoms with Gasteiger partial charge in [0.2, 0.25) is 0 Å². The van der Waals surface area contributed by atoms with Crippen LogP contribution in [0.4, 0.5) is 5.82 Å². The molecule has 0 bridgehead atoms. The number of nitrogens with two attached hydrogens (primary N) is 1. The number of aromatic nitrogens is 2. The summed E-state index contributed by atoms with van der Waals surface area (Å²) in [6, 6.07) is 0.139. The van der Waals surface area contributed by atoms with E-state index in [2.05, 4.69) is 9.88 Å². The largest absolute Gasteiger partial charge is 0.392 e. The van der Waals surface area contributed by atoms with Crippen LogP contribution < -0.4 is 16.2 Å². The van der Waals surface area contributed by atoms with E-state index in [9.17, 15) is 4.79 Å². The van der Waals surface area contributed by atoms with Gasteiger partial charge < -0.3 is 15.2 Å². The Balaban J connectivity index is 2.09. The smallest absolute Gasteiger partial charge is 0.293 e. The molecule has 2 heterocycles. The molecule has 0 aromatic carbocycles. The van der Waals surface area contributed by atoms with Crippen molar-refractivity contribution in [3.8, 4) is 0 Å². The number of anilines is 1. The van der Waals surface area contributed by atoms with E-state index >= 15 is 0 Å². The lowest BCUT2D eigenvalue weighted by Crippen LogP contribution is -2.50. The molecule has 1 saturated heterocycles. The molecule has 20 heavy (non-hydrogen) atoms. The molecule has 0 saturated carbocycles. The highest BCUT2D eigenvalue weighted by molar-refractivity contribution is 7.80. The molecule has 1 fully saturated rings. The van der Waals surface area contributed by atoms with Crippen molar-refractivity contribution in [1.82, 2.24) is 14.5 Å². The molecule has 0 atom stereocenters. The molecular formula is C13H21N5OS. The highest BCUT2D eigenvalue weighted by Crippen LogP contribution is 2.10.